The Morgan fingerprint density at radius 1 is 1.00 bits per heavy atom. The molecule has 3 aliphatic rings. The van der Waals surface area contributed by atoms with Crippen LogP contribution >= 0.6 is 0 Å². The minimum Gasteiger partial charge on any atom is -0.432 e. The number of aliphatic hydroxyl groups excluding tert-OH is 1. The van der Waals surface area contributed by atoms with E-state index in [0.29, 0.717) is 38.0 Å². The minimum atomic E-state index is -2.81. The van der Waals surface area contributed by atoms with Crippen LogP contribution in [0.4, 0.5) is 17.1 Å². The van der Waals surface area contributed by atoms with Gasteiger partial charge in [-0.15, -0.1) is 5.10 Å². The first-order chi connectivity index (χ1) is 22.6. The number of carbonyl (C=O) groups excluding carboxylic acids is 2. The first-order valence-electron chi connectivity index (χ1n) is 16.4. The quantitative estimate of drug-likeness (QED) is 0.248. The zero-order chi connectivity index (χ0) is 32.9. The van der Waals surface area contributed by atoms with Gasteiger partial charge in [-0.05, 0) is 61.3 Å². The summed E-state index contributed by atoms with van der Waals surface area (Å²) in [5.74, 6) is -0.348. The van der Waals surface area contributed by atoms with Crippen LogP contribution in [0.15, 0.2) is 79.0 Å². The minimum absolute atomic E-state index is 0.00346. The van der Waals surface area contributed by atoms with Gasteiger partial charge in [0.2, 0.25) is 5.91 Å². The summed E-state index contributed by atoms with van der Waals surface area (Å²) in [4.78, 5) is 43.1. The Bertz CT molecular complexity index is 1820. The van der Waals surface area contributed by atoms with E-state index < -0.39 is 13.9 Å². The van der Waals surface area contributed by atoms with E-state index in [1.54, 1.807) is 14.5 Å². The van der Waals surface area contributed by atoms with E-state index in [1.165, 1.54) is 0 Å². The predicted octanol–water partition coefficient (Wildman–Crippen LogP) is 4.86. The summed E-state index contributed by atoms with van der Waals surface area (Å²) in [7, 11) is -2.81. The van der Waals surface area contributed by atoms with Gasteiger partial charge in [0, 0.05) is 54.9 Å². The number of para-hydroxylation sites is 2. The molecular formula is C36H41N5O5Si. The lowest BCUT2D eigenvalue weighted by atomic mass is 9.82. The monoisotopic (exact) mass is 651 g/mol. The lowest BCUT2D eigenvalue weighted by molar-refractivity contribution is -0.146. The summed E-state index contributed by atoms with van der Waals surface area (Å²) in [5.41, 5.74) is 4.63. The molecule has 244 valence electrons. The summed E-state index contributed by atoms with van der Waals surface area (Å²) in [6.45, 7) is 6.72. The lowest BCUT2D eigenvalue weighted by Crippen LogP contribution is -2.46. The summed E-state index contributed by atoms with van der Waals surface area (Å²) in [6, 6.07) is 23.7. The second-order valence-corrected chi connectivity index (χ2v) is 17.5. The molecule has 7 rings (SSSR count). The van der Waals surface area contributed by atoms with E-state index in [0.717, 1.165) is 40.2 Å². The first kappa shape index (κ1) is 31.4. The van der Waals surface area contributed by atoms with Gasteiger partial charge >= 0.3 is 0 Å². The number of rotatable bonds is 9. The van der Waals surface area contributed by atoms with Crippen molar-refractivity contribution in [2.45, 2.75) is 76.0 Å². The number of amides is 2. The highest BCUT2D eigenvalue weighted by Gasteiger charge is 2.66. The zero-order valence-corrected chi connectivity index (χ0v) is 28.0. The molecule has 1 saturated heterocycles. The Balaban J connectivity index is 1.20. The summed E-state index contributed by atoms with van der Waals surface area (Å²) in [6.07, 6.45) is 3.62. The van der Waals surface area contributed by atoms with Crippen molar-refractivity contribution in [3.05, 3.63) is 101 Å². The summed E-state index contributed by atoms with van der Waals surface area (Å²) < 4.78 is 8.68. The molecule has 3 aromatic carbocycles. The van der Waals surface area contributed by atoms with Crippen molar-refractivity contribution in [2.75, 3.05) is 16.4 Å². The third-order valence-electron chi connectivity index (χ3n) is 10.1. The van der Waals surface area contributed by atoms with Gasteiger partial charge in [-0.2, -0.15) is 0 Å². The van der Waals surface area contributed by atoms with Crippen molar-refractivity contribution >= 4 is 37.2 Å². The molecule has 4 heterocycles. The maximum absolute atomic E-state index is 14.8. The molecular weight excluding hydrogens is 611 g/mol. The Hall–Kier alpha value is -4.16. The standard InChI is InChI=1S/C36H41N5O5Si/c1-24-34(47(2,3)45)32(17-19-39-23-27(18-20-42)37-38-39)46-36(24)29-12-5-7-14-31(29)40(35(36)44)22-25-9-8-11-28(21-25)41-30-13-6-4-10-26(30)15-16-33(41)43/h4-14,21,23-24,32,34,42,45H,15-20,22H2,1-3H3/t24-,32+,34-,36+/m1/s1. The number of aromatic nitrogens is 3. The zero-order valence-electron chi connectivity index (χ0n) is 27.0. The van der Waals surface area contributed by atoms with Crippen molar-refractivity contribution in [1.82, 2.24) is 15.0 Å². The Kier molecular flexibility index (Phi) is 8.11. The molecule has 11 heteroatoms. The Morgan fingerprint density at radius 2 is 1.77 bits per heavy atom. The van der Waals surface area contributed by atoms with Gasteiger partial charge in [-0.3, -0.25) is 19.2 Å². The SMILES string of the molecule is C[C@@H]1[C@@H]([Si](C)(C)O)[C@H](CCn2cc(CCO)nn2)O[C@@]12C(=O)N(Cc1cccc(N3C(=O)CCc4ccccc43)c1)c1ccccc12. The van der Waals surface area contributed by atoms with Crippen molar-refractivity contribution < 1.29 is 24.2 Å². The van der Waals surface area contributed by atoms with Crippen molar-refractivity contribution in [2.24, 2.45) is 5.92 Å². The van der Waals surface area contributed by atoms with Gasteiger partial charge in [0.1, 0.15) is 0 Å². The number of ether oxygens (including phenoxy) is 1. The van der Waals surface area contributed by atoms with Crippen LogP contribution in [0.1, 0.15) is 42.1 Å². The van der Waals surface area contributed by atoms with Crippen LogP contribution in [-0.2, 0) is 45.9 Å². The number of aryl methyl sites for hydroxylation is 2. The fourth-order valence-electron chi connectivity index (χ4n) is 8.08. The maximum Gasteiger partial charge on any atom is 0.264 e. The Morgan fingerprint density at radius 3 is 2.55 bits per heavy atom. The topological polar surface area (TPSA) is 121 Å². The van der Waals surface area contributed by atoms with Gasteiger partial charge < -0.3 is 19.5 Å². The highest BCUT2D eigenvalue weighted by atomic mass is 28.4. The number of fused-ring (bicyclic) bond motifs is 3. The molecule has 0 aliphatic carbocycles. The van der Waals surface area contributed by atoms with Crippen molar-refractivity contribution in [3.63, 3.8) is 0 Å². The van der Waals surface area contributed by atoms with E-state index in [4.69, 9.17) is 4.74 Å². The van der Waals surface area contributed by atoms with E-state index >= 15 is 0 Å². The highest BCUT2D eigenvalue weighted by Crippen LogP contribution is 2.59. The van der Waals surface area contributed by atoms with Gasteiger partial charge in [-0.1, -0.05) is 60.7 Å². The van der Waals surface area contributed by atoms with E-state index in [-0.39, 0.29) is 36.0 Å². The van der Waals surface area contributed by atoms with Crippen LogP contribution < -0.4 is 9.80 Å². The van der Waals surface area contributed by atoms with Crippen LogP contribution in [0.3, 0.4) is 0 Å². The molecule has 1 fully saturated rings. The molecule has 1 aromatic heterocycles. The van der Waals surface area contributed by atoms with E-state index in [2.05, 4.69) is 16.4 Å². The normalized spacial score (nSPS) is 23.9. The van der Waals surface area contributed by atoms with Crippen molar-refractivity contribution in [1.29, 1.82) is 0 Å². The molecule has 0 radical (unpaired) electrons. The molecule has 4 aromatic rings. The molecule has 3 aliphatic heterocycles. The van der Waals surface area contributed by atoms with Crippen LogP contribution in [-0.4, -0.2) is 57.7 Å². The number of anilines is 3. The second-order valence-electron chi connectivity index (χ2n) is 13.5. The van der Waals surface area contributed by atoms with Crippen LogP contribution in [0.5, 0.6) is 0 Å². The first-order valence-corrected chi connectivity index (χ1v) is 19.5. The average Bonchev–Trinajstić information content (AvgIpc) is 3.70. The van der Waals surface area contributed by atoms with Crippen molar-refractivity contribution in [3.8, 4) is 0 Å². The molecule has 2 amide bonds. The number of aliphatic hydroxyl groups is 1. The fraction of sp³-hybridized carbons (Fsp3) is 0.389. The molecule has 0 unspecified atom stereocenters. The van der Waals surface area contributed by atoms with Gasteiger partial charge in [0.15, 0.2) is 13.9 Å². The molecule has 10 nitrogen and oxygen atoms in total. The number of hydrogen-bond acceptors (Lipinski definition) is 7. The van der Waals surface area contributed by atoms with Crippen LogP contribution in [0.25, 0.3) is 0 Å². The molecule has 47 heavy (non-hydrogen) atoms. The van der Waals surface area contributed by atoms with Gasteiger partial charge in [0.05, 0.1) is 29.7 Å². The molecule has 0 bridgehead atoms. The number of hydrogen-bond donors (Lipinski definition) is 2. The predicted molar refractivity (Wildman–Crippen MR) is 181 cm³/mol. The van der Waals surface area contributed by atoms with Crippen LogP contribution in [0.2, 0.25) is 18.6 Å². The average molecular weight is 652 g/mol. The Labute approximate surface area is 275 Å². The molecule has 1 spiro atoms. The third-order valence-corrected chi connectivity index (χ3v) is 12.6. The largest absolute Gasteiger partial charge is 0.432 e. The molecule has 0 saturated carbocycles. The smallest absolute Gasteiger partial charge is 0.264 e. The van der Waals surface area contributed by atoms with E-state index in [1.807, 2.05) is 92.9 Å². The molecule has 4 atom stereocenters. The summed E-state index contributed by atoms with van der Waals surface area (Å²) in [5, 5.41) is 17.6. The van der Waals surface area contributed by atoms with Gasteiger partial charge in [0.25, 0.3) is 5.91 Å². The summed E-state index contributed by atoms with van der Waals surface area (Å²) >= 11 is 0. The van der Waals surface area contributed by atoms with Gasteiger partial charge in [-0.25, -0.2) is 0 Å². The fourth-order valence-corrected chi connectivity index (χ4v) is 10.7. The van der Waals surface area contributed by atoms with Crippen LogP contribution in [0, 0.1) is 5.92 Å². The lowest BCUT2D eigenvalue weighted by Gasteiger charge is -2.32. The second kappa shape index (κ2) is 12.1. The third kappa shape index (κ3) is 5.40. The highest BCUT2D eigenvalue weighted by molar-refractivity contribution is 6.71. The maximum atomic E-state index is 14.8. The number of carbonyl (C=O) groups is 2. The number of benzene rings is 3. The van der Waals surface area contributed by atoms with E-state index in [9.17, 15) is 19.5 Å². The number of nitrogens with zero attached hydrogens (tertiary/aromatic N) is 5. The molecule has 2 N–H and O–H groups in total.